The molecule has 2 heterocycles. The Morgan fingerprint density at radius 2 is 2.08 bits per heavy atom. The van der Waals surface area contributed by atoms with Crippen LogP contribution in [0.15, 0.2) is 30.5 Å². The average molecular weight is 338 g/mol. The molecule has 1 aromatic carbocycles. The third kappa shape index (κ3) is 3.82. The Balaban J connectivity index is 1.71. The molecule has 1 aromatic heterocycles. The maximum atomic E-state index is 12.0. The van der Waals surface area contributed by atoms with E-state index >= 15 is 0 Å². The van der Waals surface area contributed by atoms with Gasteiger partial charge in [-0.15, -0.1) is 0 Å². The fraction of sp³-hybridized carbons (Fsp3) is 0.421. The van der Waals surface area contributed by atoms with Gasteiger partial charge < -0.3 is 15.0 Å². The Labute approximate surface area is 147 Å². The summed E-state index contributed by atoms with van der Waals surface area (Å²) in [6.45, 7) is 5.00. The van der Waals surface area contributed by atoms with E-state index in [2.05, 4.69) is 16.4 Å². The standard InChI is InChI=1S/C19H22N4O2/c1-13(2)25-19(24)23-9-7-15(8-10-23)22-18-14(11-20)12-21-17-6-4-3-5-16(17)18/h3-6,12-13,15H,7-10H2,1-2H3,(H,21,22). The second-order valence-electron chi connectivity index (χ2n) is 6.51. The van der Waals surface area contributed by atoms with Crippen LogP contribution in [-0.2, 0) is 4.74 Å². The summed E-state index contributed by atoms with van der Waals surface area (Å²) >= 11 is 0. The Morgan fingerprint density at radius 1 is 1.36 bits per heavy atom. The lowest BCUT2D eigenvalue weighted by Gasteiger charge is -2.33. The van der Waals surface area contributed by atoms with Crippen molar-refractivity contribution in [1.29, 1.82) is 5.26 Å². The molecule has 1 saturated heterocycles. The van der Waals surface area contributed by atoms with Crippen LogP contribution in [0.4, 0.5) is 10.5 Å². The van der Waals surface area contributed by atoms with Gasteiger partial charge in [-0.2, -0.15) is 5.26 Å². The Morgan fingerprint density at radius 3 is 2.76 bits per heavy atom. The first kappa shape index (κ1) is 17.0. The number of likely N-dealkylation sites (tertiary alicyclic amines) is 1. The molecule has 0 aliphatic carbocycles. The van der Waals surface area contributed by atoms with Crippen LogP contribution in [0.2, 0.25) is 0 Å². The Kier molecular flexibility index (Phi) is 5.03. The van der Waals surface area contributed by atoms with E-state index in [9.17, 15) is 10.1 Å². The van der Waals surface area contributed by atoms with E-state index < -0.39 is 0 Å². The van der Waals surface area contributed by atoms with Crippen LogP contribution in [0.25, 0.3) is 10.9 Å². The lowest BCUT2D eigenvalue weighted by molar-refractivity contribution is 0.0701. The number of aromatic nitrogens is 1. The number of pyridine rings is 1. The van der Waals surface area contributed by atoms with Crippen LogP contribution >= 0.6 is 0 Å². The largest absolute Gasteiger partial charge is 0.447 e. The summed E-state index contributed by atoms with van der Waals surface area (Å²) in [6.07, 6.45) is 2.88. The van der Waals surface area contributed by atoms with Gasteiger partial charge in [-0.1, -0.05) is 18.2 Å². The summed E-state index contributed by atoms with van der Waals surface area (Å²) in [5.41, 5.74) is 2.23. The predicted octanol–water partition coefficient (Wildman–Crippen LogP) is 3.53. The molecule has 1 amide bonds. The molecule has 0 bridgehead atoms. The number of amides is 1. The number of nitrogens with one attached hydrogen (secondary N) is 1. The SMILES string of the molecule is CC(C)OC(=O)N1CCC(Nc2c(C#N)cnc3ccccc23)CC1. The van der Waals surface area contributed by atoms with E-state index in [1.54, 1.807) is 11.1 Å². The van der Waals surface area contributed by atoms with Gasteiger partial charge in [0.05, 0.1) is 22.9 Å². The number of nitriles is 1. The van der Waals surface area contributed by atoms with Gasteiger partial charge in [-0.25, -0.2) is 4.79 Å². The van der Waals surface area contributed by atoms with Gasteiger partial charge in [0.1, 0.15) is 6.07 Å². The van der Waals surface area contributed by atoms with Crippen LogP contribution < -0.4 is 5.32 Å². The number of para-hydroxylation sites is 1. The number of carbonyl (C=O) groups is 1. The number of piperidine rings is 1. The second kappa shape index (κ2) is 7.39. The Hall–Kier alpha value is -2.81. The molecule has 0 radical (unpaired) electrons. The van der Waals surface area contributed by atoms with Gasteiger partial charge in [0.2, 0.25) is 0 Å². The van der Waals surface area contributed by atoms with E-state index in [0.717, 1.165) is 29.4 Å². The zero-order valence-electron chi connectivity index (χ0n) is 14.5. The first-order chi connectivity index (χ1) is 12.1. The fourth-order valence-electron chi connectivity index (χ4n) is 3.07. The number of ether oxygens (including phenoxy) is 1. The number of nitrogens with zero attached hydrogens (tertiary/aromatic N) is 3. The van der Waals surface area contributed by atoms with Gasteiger partial charge in [-0.05, 0) is 32.8 Å². The van der Waals surface area contributed by atoms with Crippen molar-refractivity contribution in [1.82, 2.24) is 9.88 Å². The van der Waals surface area contributed by atoms with Crippen molar-refractivity contribution in [3.63, 3.8) is 0 Å². The minimum absolute atomic E-state index is 0.107. The highest BCUT2D eigenvalue weighted by atomic mass is 16.6. The molecule has 6 heteroatoms. The molecule has 2 aromatic rings. The van der Waals surface area contributed by atoms with Crippen molar-refractivity contribution in [2.75, 3.05) is 18.4 Å². The first-order valence-corrected chi connectivity index (χ1v) is 8.58. The maximum absolute atomic E-state index is 12.0. The van der Waals surface area contributed by atoms with E-state index in [0.29, 0.717) is 18.7 Å². The molecule has 1 fully saturated rings. The molecule has 0 unspecified atom stereocenters. The number of anilines is 1. The number of carbonyl (C=O) groups excluding carboxylic acids is 1. The van der Waals surface area contributed by atoms with Crippen molar-refractivity contribution in [3.8, 4) is 6.07 Å². The third-order valence-corrected chi connectivity index (χ3v) is 4.33. The lowest BCUT2D eigenvalue weighted by atomic mass is 10.0. The summed E-state index contributed by atoms with van der Waals surface area (Å²) in [5, 5.41) is 13.9. The Bertz CT molecular complexity index is 805. The maximum Gasteiger partial charge on any atom is 0.410 e. The molecular weight excluding hydrogens is 316 g/mol. The van der Waals surface area contributed by atoms with Crippen molar-refractivity contribution in [3.05, 3.63) is 36.0 Å². The second-order valence-corrected chi connectivity index (χ2v) is 6.51. The molecule has 6 nitrogen and oxygen atoms in total. The highest BCUT2D eigenvalue weighted by molar-refractivity contribution is 5.94. The molecule has 0 spiro atoms. The van der Waals surface area contributed by atoms with E-state index in [-0.39, 0.29) is 18.2 Å². The number of hydrogen-bond donors (Lipinski definition) is 1. The molecule has 0 atom stereocenters. The van der Waals surface area contributed by atoms with Gasteiger partial charge in [-0.3, -0.25) is 4.98 Å². The van der Waals surface area contributed by atoms with Crippen molar-refractivity contribution in [2.45, 2.75) is 38.8 Å². The van der Waals surface area contributed by atoms with Crippen LogP contribution in [0.3, 0.4) is 0 Å². The zero-order chi connectivity index (χ0) is 17.8. The lowest BCUT2D eigenvalue weighted by Crippen LogP contribution is -2.43. The fourth-order valence-corrected chi connectivity index (χ4v) is 3.07. The van der Waals surface area contributed by atoms with Crippen molar-refractivity contribution >= 4 is 22.7 Å². The summed E-state index contributed by atoms with van der Waals surface area (Å²) in [6, 6.07) is 10.2. The number of benzene rings is 1. The molecule has 3 rings (SSSR count). The molecule has 0 saturated carbocycles. The molecular formula is C19H22N4O2. The normalized spacial score (nSPS) is 15.2. The van der Waals surface area contributed by atoms with Crippen LogP contribution in [0.5, 0.6) is 0 Å². The number of rotatable bonds is 3. The minimum atomic E-state index is -0.250. The summed E-state index contributed by atoms with van der Waals surface area (Å²) in [4.78, 5) is 18.1. The molecule has 1 aliphatic rings. The van der Waals surface area contributed by atoms with Crippen molar-refractivity contribution < 1.29 is 9.53 Å². The highest BCUT2D eigenvalue weighted by Crippen LogP contribution is 2.28. The monoisotopic (exact) mass is 338 g/mol. The van der Waals surface area contributed by atoms with Crippen LogP contribution in [0.1, 0.15) is 32.3 Å². The quantitative estimate of drug-likeness (QED) is 0.926. The van der Waals surface area contributed by atoms with E-state index in [1.165, 1.54) is 0 Å². The van der Waals surface area contributed by atoms with Crippen LogP contribution in [0, 0.1) is 11.3 Å². The summed E-state index contributed by atoms with van der Waals surface area (Å²) < 4.78 is 5.25. The highest BCUT2D eigenvalue weighted by Gasteiger charge is 2.25. The van der Waals surface area contributed by atoms with E-state index in [1.807, 2.05) is 38.1 Å². The number of hydrogen-bond acceptors (Lipinski definition) is 5. The van der Waals surface area contributed by atoms with Gasteiger partial charge >= 0.3 is 6.09 Å². The number of fused-ring (bicyclic) bond motifs is 1. The smallest absolute Gasteiger partial charge is 0.410 e. The molecule has 25 heavy (non-hydrogen) atoms. The van der Waals surface area contributed by atoms with Gasteiger partial charge in [0, 0.05) is 30.7 Å². The first-order valence-electron chi connectivity index (χ1n) is 8.58. The molecule has 1 N–H and O–H groups in total. The predicted molar refractivity (Wildman–Crippen MR) is 96.3 cm³/mol. The zero-order valence-corrected chi connectivity index (χ0v) is 14.5. The van der Waals surface area contributed by atoms with Crippen molar-refractivity contribution in [2.24, 2.45) is 0 Å². The van der Waals surface area contributed by atoms with Gasteiger partial charge in [0.25, 0.3) is 0 Å². The average Bonchev–Trinajstić information content (AvgIpc) is 2.62. The topological polar surface area (TPSA) is 78.2 Å². The molecule has 130 valence electrons. The van der Waals surface area contributed by atoms with E-state index in [4.69, 9.17) is 4.74 Å². The minimum Gasteiger partial charge on any atom is -0.447 e. The molecule has 1 aliphatic heterocycles. The summed E-state index contributed by atoms with van der Waals surface area (Å²) in [7, 11) is 0. The summed E-state index contributed by atoms with van der Waals surface area (Å²) in [5.74, 6) is 0. The van der Waals surface area contributed by atoms with Gasteiger partial charge in [0.15, 0.2) is 0 Å². The van der Waals surface area contributed by atoms with Crippen LogP contribution in [-0.4, -0.2) is 41.2 Å². The third-order valence-electron chi connectivity index (χ3n) is 4.33.